The summed E-state index contributed by atoms with van der Waals surface area (Å²) in [7, 11) is 0. The van der Waals surface area contributed by atoms with Gasteiger partial charge in [-0.25, -0.2) is 0 Å². The lowest BCUT2D eigenvalue weighted by atomic mass is 9.93. The molecular weight excluding hydrogens is 584 g/mol. The maximum Gasteiger partial charge on any atom is 0.246 e. The van der Waals surface area contributed by atoms with E-state index in [1.165, 1.54) is 0 Å². The van der Waals surface area contributed by atoms with E-state index in [0.29, 0.717) is 58.2 Å². The van der Waals surface area contributed by atoms with Crippen LogP contribution in [0.1, 0.15) is 90.5 Å². The molecular formula is C35H52N6O5. The number of fused-ring (bicyclic) bond motifs is 2. The zero-order valence-corrected chi connectivity index (χ0v) is 27.7. The van der Waals surface area contributed by atoms with Gasteiger partial charge in [0, 0.05) is 56.0 Å². The van der Waals surface area contributed by atoms with Crippen molar-refractivity contribution in [3.05, 3.63) is 36.0 Å². The second-order valence-corrected chi connectivity index (χ2v) is 12.9. The molecule has 5 atom stereocenters. The van der Waals surface area contributed by atoms with Crippen LogP contribution < -0.4 is 21.7 Å². The predicted molar refractivity (Wildman–Crippen MR) is 178 cm³/mol. The summed E-state index contributed by atoms with van der Waals surface area (Å²) in [6.07, 6.45) is 8.33. The topological polar surface area (TPSA) is 156 Å². The zero-order chi connectivity index (χ0) is 33.2. The third kappa shape index (κ3) is 8.54. The van der Waals surface area contributed by atoms with E-state index in [0.717, 1.165) is 42.1 Å². The third-order valence-corrected chi connectivity index (χ3v) is 9.64. The predicted octanol–water partition coefficient (Wildman–Crippen LogP) is 2.97. The van der Waals surface area contributed by atoms with Crippen LogP contribution in [-0.4, -0.2) is 76.1 Å². The highest BCUT2D eigenvalue weighted by atomic mass is 16.2. The van der Waals surface area contributed by atoms with Gasteiger partial charge >= 0.3 is 0 Å². The number of ketones is 1. The summed E-state index contributed by atoms with van der Waals surface area (Å²) >= 11 is 0. The number of carbonyl (C=O) groups excluding carboxylic acids is 5. The molecule has 0 aliphatic carbocycles. The number of amides is 4. The van der Waals surface area contributed by atoms with Crippen LogP contribution in [0.15, 0.2) is 30.5 Å². The van der Waals surface area contributed by atoms with E-state index < -0.39 is 36.0 Å². The molecule has 2 aliphatic heterocycles. The van der Waals surface area contributed by atoms with Crippen molar-refractivity contribution in [1.29, 1.82) is 0 Å². The fourth-order valence-corrected chi connectivity index (χ4v) is 6.66. The Morgan fingerprint density at radius 3 is 2.43 bits per heavy atom. The van der Waals surface area contributed by atoms with Crippen molar-refractivity contribution in [3.63, 3.8) is 0 Å². The first-order chi connectivity index (χ1) is 22.2. The Hall–Kier alpha value is -3.73. The summed E-state index contributed by atoms with van der Waals surface area (Å²) in [6, 6.07) is 4.47. The first-order valence-electron chi connectivity index (χ1n) is 17.2. The molecule has 2 aromatic rings. The number of rotatable bonds is 13. The van der Waals surface area contributed by atoms with Crippen LogP contribution in [0.2, 0.25) is 0 Å². The van der Waals surface area contributed by atoms with Crippen LogP contribution in [0, 0.1) is 5.92 Å². The molecule has 252 valence electrons. The number of nitrogens with two attached hydrogens (primary N) is 1. The Balaban J connectivity index is 1.67. The van der Waals surface area contributed by atoms with E-state index in [4.69, 9.17) is 5.73 Å². The molecule has 1 aromatic heterocycles. The highest BCUT2D eigenvalue weighted by molar-refractivity contribution is 5.98. The summed E-state index contributed by atoms with van der Waals surface area (Å²) in [5.41, 5.74) is 7.74. The molecule has 4 rings (SSSR count). The molecule has 11 heteroatoms. The van der Waals surface area contributed by atoms with E-state index >= 15 is 0 Å². The largest absolute Gasteiger partial charge is 0.346 e. The van der Waals surface area contributed by atoms with Gasteiger partial charge in [-0.1, -0.05) is 58.2 Å². The molecule has 2 fully saturated rings. The van der Waals surface area contributed by atoms with Gasteiger partial charge in [0.25, 0.3) is 0 Å². The van der Waals surface area contributed by atoms with E-state index in [2.05, 4.69) is 16.0 Å². The van der Waals surface area contributed by atoms with Crippen LogP contribution >= 0.6 is 0 Å². The molecule has 1 unspecified atom stereocenters. The number of piperidine rings is 1. The van der Waals surface area contributed by atoms with Crippen molar-refractivity contribution < 1.29 is 24.0 Å². The van der Waals surface area contributed by atoms with Gasteiger partial charge in [-0.15, -0.1) is 0 Å². The van der Waals surface area contributed by atoms with Gasteiger partial charge in [0.1, 0.15) is 30.0 Å². The first kappa shape index (κ1) is 35.1. The number of Topliss-reactive ketones (excluding diaryl/α,β-unsaturated/α-hetero) is 1. The van der Waals surface area contributed by atoms with Crippen molar-refractivity contribution in [2.45, 2.75) is 122 Å². The minimum absolute atomic E-state index is 0.180. The smallest absolute Gasteiger partial charge is 0.246 e. The molecule has 0 bridgehead atoms. The second kappa shape index (κ2) is 16.7. The number of aromatic nitrogens is 1. The Morgan fingerprint density at radius 1 is 0.957 bits per heavy atom. The Labute approximate surface area is 272 Å². The van der Waals surface area contributed by atoms with Crippen molar-refractivity contribution in [1.82, 2.24) is 25.4 Å². The van der Waals surface area contributed by atoms with Crippen molar-refractivity contribution in [3.8, 4) is 0 Å². The normalized spacial score (nSPS) is 23.5. The number of hydrogen-bond donors (Lipinski definition) is 4. The summed E-state index contributed by atoms with van der Waals surface area (Å²) in [5, 5.41) is 9.89. The number of unbranched alkanes of at least 4 members (excludes halogenated alkanes) is 2. The third-order valence-electron chi connectivity index (χ3n) is 9.64. The molecule has 5 N–H and O–H groups in total. The van der Waals surface area contributed by atoms with Gasteiger partial charge in [0.2, 0.25) is 23.6 Å². The molecule has 46 heavy (non-hydrogen) atoms. The Morgan fingerprint density at radius 2 is 1.70 bits per heavy atom. The highest BCUT2D eigenvalue weighted by Gasteiger charge is 2.40. The van der Waals surface area contributed by atoms with Gasteiger partial charge in [-0.05, 0) is 49.7 Å². The van der Waals surface area contributed by atoms with Crippen molar-refractivity contribution >= 4 is 40.3 Å². The summed E-state index contributed by atoms with van der Waals surface area (Å²) in [4.78, 5) is 69.2. The van der Waals surface area contributed by atoms with E-state index in [1.54, 1.807) is 4.90 Å². The number of para-hydroxylation sites is 1. The van der Waals surface area contributed by atoms with Crippen molar-refractivity contribution in [2.24, 2.45) is 11.7 Å². The number of nitrogens with one attached hydrogen (secondary N) is 3. The monoisotopic (exact) mass is 636 g/mol. The van der Waals surface area contributed by atoms with Crippen molar-refractivity contribution in [2.75, 3.05) is 13.1 Å². The molecule has 2 aliphatic rings. The number of hydrogen-bond acceptors (Lipinski definition) is 6. The fourth-order valence-electron chi connectivity index (χ4n) is 6.66. The highest BCUT2D eigenvalue weighted by Crippen LogP contribution is 2.25. The van der Waals surface area contributed by atoms with Gasteiger partial charge in [0.05, 0.1) is 0 Å². The SMILES string of the molecule is CCC(=O)CCCCC[C@@H]1NC(=O)[C@H]2CCCCN2C(=O)[C@H](C(C)CC)NC(=O)[C@@H](Cc2cn(CCN)c3ccccc23)NC1=O. The molecule has 0 saturated carbocycles. The molecule has 11 nitrogen and oxygen atoms in total. The second-order valence-electron chi connectivity index (χ2n) is 12.9. The average molecular weight is 637 g/mol. The molecule has 0 radical (unpaired) electrons. The molecule has 4 amide bonds. The first-order valence-corrected chi connectivity index (χ1v) is 17.2. The maximum absolute atomic E-state index is 14.1. The molecule has 1 aromatic carbocycles. The van der Waals surface area contributed by atoms with Crippen LogP contribution in [0.4, 0.5) is 0 Å². The summed E-state index contributed by atoms with van der Waals surface area (Å²) in [6.45, 7) is 7.21. The summed E-state index contributed by atoms with van der Waals surface area (Å²) in [5.74, 6) is -1.44. The van der Waals surface area contributed by atoms with Gasteiger partial charge in [-0.2, -0.15) is 0 Å². The molecule has 2 saturated heterocycles. The molecule has 0 spiro atoms. The standard InChI is InChI=1S/C35H52N6O5/c1-4-23(3)31-35(46)41-19-12-11-17-30(41)34(45)37-27(15-8-6-7-13-25(42)5-2)32(43)38-28(33(44)39-31)21-24-22-40(20-18-36)29-16-10-9-14-26(24)29/h9-10,14,16,22-23,27-28,30-31H,4-8,11-13,15,17-21,36H2,1-3H3,(H,37,45)(H,38,43)(H,39,44)/t23?,27-,28+,30+,31-/m0/s1. The van der Waals surface area contributed by atoms with E-state index in [-0.39, 0.29) is 29.9 Å². The van der Waals surface area contributed by atoms with Gasteiger partial charge in [0.15, 0.2) is 0 Å². The van der Waals surface area contributed by atoms with E-state index in [9.17, 15) is 24.0 Å². The number of benzene rings is 1. The van der Waals surface area contributed by atoms with E-state index in [1.807, 2.05) is 55.8 Å². The fraction of sp³-hybridized carbons (Fsp3) is 0.629. The number of carbonyl (C=O) groups is 5. The minimum atomic E-state index is -0.984. The quantitative estimate of drug-likeness (QED) is 0.248. The van der Waals surface area contributed by atoms with Gasteiger partial charge < -0.3 is 31.2 Å². The Kier molecular flexibility index (Phi) is 12.8. The zero-order valence-electron chi connectivity index (χ0n) is 27.7. The molecule has 3 heterocycles. The lowest BCUT2D eigenvalue weighted by Crippen LogP contribution is -2.64. The van der Waals surface area contributed by atoms with Crippen LogP contribution in [-0.2, 0) is 36.9 Å². The van der Waals surface area contributed by atoms with Crippen LogP contribution in [0.25, 0.3) is 10.9 Å². The lowest BCUT2D eigenvalue weighted by molar-refractivity contribution is -0.147. The summed E-state index contributed by atoms with van der Waals surface area (Å²) < 4.78 is 2.05. The Bertz CT molecular complexity index is 1390. The number of nitrogens with zero attached hydrogens (tertiary/aromatic N) is 2. The van der Waals surface area contributed by atoms with Crippen LogP contribution in [0.5, 0.6) is 0 Å². The van der Waals surface area contributed by atoms with Crippen LogP contribution in [0.3, 0.4) is 0 Å². The minimum Gasteiger partial charge on any atom is -0.346 e. The average Bonchev–Trinajstić information content (AvgIpc) is 3.41. The maximum atomic E-state index is 14.1. The van der Waals surface area contributed by atoms with Gasteiger partial charge in [-0.3, -0.25) is 24.0 Å². The lowest BCUT2D eigenvalue weighted by Gasteiger charge is -2.39.